The van der Waals surface area contributed by atoms with E-state index >= 15 is 0 Å². The molecule has 1 amide bonds. The largest absolute Gasteiger partial charge is 0.396 e. The zero-order chi connectivity index (χ0) is 22.5. The highest BCUT2D eigenvalue weighted by Crippen LogP contribution is 2.35. The quantitative estimate of drug-likeness (QED) is 0.624. The number of nitrogens with zero attached hydrogens (tertiary/aromatic N) is 3. The molecule has 1 aromatic rings. The molecule has 0 bridgehead atoms. The van der Waals surface area contributed by atoms with Crippen LogP contribution in [0, 0.1) is 23.6 Å². The predicted octanol–water partition coefficient (Wildman–Crippen LogP) is 3.50. The minimum absolute atomic E-state index is 0.0283. The van der Waals surface area contributed by atoms with Crippen molar-refractivity contribution in [2.75, 3.05) is 32.8 Å². The predicted molar refractivity (Wildman–Crippen MR) is 121 cm³/mol. The van der Waals surface area contributed by atoms with Crippen LogP contribution >= 0.6 is 0 Å². The maximum absolute atomic E-state index is 13.1. The summed E-state index contributed by atoms with van der Waals surface area (Å²) in [5, 5.41) is 15.7. The van der Waals surface area contributed by atoms with Crippen LogP contribution in [-0.2, 0) is 4.79 Å². The van der Waals surface area contributed by atoms with Crippen molar-refractivity contribution in [3.8, 4) is 0 Å². The van der Waals surface area contributed by atoms with E-state index in [0.29, 0.717) is 18.5 Å². The van der Waals surface area contributed by atoms with Crippen molar-refractivity contribution in [1.82, 2.24) is 9.91 Å². The monoisotopic (exact) mass is 443 g/mol. The van der Waals surface area contributed by atoms with Crippen molar-refractivity contribution in [1.29, 1.82) is 0 Å². The molecule has 6 nitrogen and oxygen atoms in total. The molecule has 0 aromatic heterocycles. The molecule has 3 aliphatic rings. The molecule has 1 N–H and O–H groups in total. The highest BCUT2D eigenvalue weighted by Gasteiger charge is 2.39. The van der Waals surface area contributed by atoms with Gasteiger partial charge in [-0.25, -0.2) is 9.40 Å². The third-order valence-corrected chi connectivity index (χ3v) is 7.32. The number of aliphatic hydroxyl groups is 1. The molecule has 2 atom stereocenters. The number of aliphatic hydroxyl groups excluding tert-OH is 1. The van der Waals surface area contributed by atoms with Gasteiger partial charge in [-0.1, -0.05) is 6.42 Å². The second kappa shape index (κ2) is 10.7. The number of Topliss-reactive ketones (excluding diaryl/α,β-unsaturated/α-hetero) is 1. The molecule has 7 heteroatoms. The molecule has 1 saturated carbocycles. The van der Waals surface area contributed by atoms with Crippen molar-refractivity contribution in [3.63, 3.8) is 0 Å². The summed E-state index contributed by atoms with van der Waals surface area (Å²) in [4.78, 5) is 28.1. The second-order valence-electron chi connectivity index (χ2n) is 9.36. The number of benzene rings is 1. The summed E-state index contributed by atoms with van der Waals surface area (Å²) < 4.78 is 13.1. The van der Waals surface area contributed by atoms with Crippen LogP contribution < -0.4 is 0 Å². The van der Waals surface area contributed by atoms with Gasteiger partial charge >= 0.3 is 0 Å². The summed E-state index contributed by atoms with van der Waals surface area (Å²) in [5.41, 5.74) is 1.75. The lowest BCUT2D eigenvalue weighted by Gasteiger charge is -2.39. The second-order valence-corrected chi connectivity index (χ2v) is 9.36. The molecule has 2 fully saturated rings. The maximum Gasteiger partial charge on any atom is 0.246 e. The first kappa shape index (κ1) is 23.1. The van der Waals surface area contributed by atoms with Gasteiger partial charge < -0.3 is 10.0 Å². The Kier molecular flexibility index (Phi) is 7.68. The van der Waals surface area contributed by atoms with Gasteiger partial charge in [0.1, 0.15) is 5.82 Å². The van der Waals surface area contributed by atoms with Gasteiger partial charge in [-0.3, -0.25) is 9.59 Å². The van der Waals surface area contributed by atoms with Gasteiger partial charge in [0.25, 0.3) is 0 Å². The number of hydrazone groups is 1. The number of fused-ring (bicyclic) bond motifs is 1. The number of likely N-dealkylation sites (tertiary alicyclic amines) is 1. The SMILES string of the molecule is O=C(c1ccc(F)cc1)C1CCN(CCN2N=C3CCCCC3C(CCCO)C2=O)CC1. The topological polar surface area (TPSA) is 73.2 Å². The lowest BCUT2D eigenvalue weighted by molar-refractivity contribution is -0.138. The van der Waals surface area contributed by atoms with Crippen LogP contribution in [0.2, 0.25) is 0 Å². The number of ketones is 1. The molecule has 1 aromatic carbocycles. The number of carbonyl (C=O) groups is 2. The van der Waals surface area contributed by atoms with Crippen molar-refractivity contribution >= 4 is 17.4 Å². The van der Waals surface area contributed by atoms with E-state index in [9.17, 15) is 19.1 Å². The highest BCUT2D eigenvalue weighted by atomic mass is 19.1. The van der Waals surface area contributed by atoms with Gasteiger partial charge in [0, 0.05) is 42.2 Å². The molecule has 2 heterocycles. The molecule has 32 heavy (non-hydrogen) atoms. The number of piperidine rings is 1. The summed E-state index contributed by atoms with van der Waals surface area (Å²) in [6.45, 7) is 3.06. The first-order chi connectivity index (χ1) is 15.6. The first-order valence-corrected chi connectivity index (χ1v) is 12.1. The Hall–Kier alpha value is -2.12. The molecular weight excluding hydrogens is 409 g/mol. The van der Waals surface area contributed by atoms with E-state index < -0.39 is 0 Å². The van der Waals surface area contributed by atoms with Crippen LogP contribution in [0.4, 0.5) is 4.39 Å². The third-order valence-electron chi connectivity index (χ3n) is 7.32. The number of amides is 1. The maximum atomic E-state index is 13.1. The fourth-order valence-corrected chi connectivity index (χ4v) is 5.45. The lowest BCUT2D eigenvalue weighted by Crippen LogP contribution is -2.48. The van der Waals surface area contributed by atoms with Gasteiger partial charge in [0.15, 0.2) is 5.78 Å². The van der Waals surface area contributed by atoms with Crippen molar-refractivity contribution in [2.45, 2.75) is 51.4 Å². The fraction of sp³-hybridized carbons (Fsp3) is 0.640. The first-order valence-electron chi connectivity index (χ1n) is 12.1. The van der Waals surface area contributed by atoms with E-state index in [1.165, 1.54) is 17.8 Å². The van der Waals surface area contributed by atoms with Crippen LogP contribution in [0.3, 0.4) is 0 Å². The molecule has 0 radical (unpaired) electrons. The summed E-state index contributed by atoms with van der Waals surface area (Å²) in [6.07, 6.45) is 7.23. The van der Waals surface area contributed by atoms with Crippen molar-refractivity contribution in [2.24, 2.45) is 22.9 Å². The van der Waals surface area contributed by atoms with E-state index in [0.717, 1.165) is 64.6 Å². The lowest BCUT2D eigenvalue weighted by atomic mass is 9.75. The third kappa shape index (κ3) is 5.26. The molecule has 0 spiro atoms. The minimum atomic E-state index is -0.328. The highest BCUT2D eigenvalue weighted by molar-refractivity contribution is 5.98. The van der Waals surface area contributed by atoms with Crippen LogP contribution in [0.1, 0.15) is 61.7 Å². The van der Waals surface area contributed by atoms with Crippen LogP contribution in [0.5, 0.6) is 0 Å². The Morgan fingerprint density at radius 2 is 1.84 bits per heavy atom. The van der Waals surface area contributed by atoms with Gasteiger partial charge in [-0.15, -0.1) is 0 Å². The number of halogens is 1. The molecular formula is C25H34FN3O3. The van der Waals surface area contributed by atoms with Crippen LogP contribution in [0.15, 0.2) is 29.4 Å². The smallest absolute Gasteiger partial charge is 0.246 e. The number of hydrogen-bond acceptors (Lipinski definition) is 5. The Morgan fingerprint density at radius 1 is 1.09 bits per heavy atom. The standard InChI is InChI=1S/C25H34FN3O3/c26-20-9-7-18(8-10-20)24(31)19-11-13-28(14-12-19)15-16-29-25(32)22(5-3-17-30)21-4-1-2-6-23(21)27-29/h7-10,19,21-22,30H,1-6,11-17H2. The average Bonchev–Trinajstić information content (AvgIpc) is 2.83. The summed E-state index contributed by atoms with van der Waals surface area (Å²) in [5.74, 6) is 0.0545. The van der Waals surface area contributed by atoms with E-state index in [2.05, 4.69) is 4.90 Å². The molecule has 1 saturated heterocycles. The van der Waals surface area contributed by atoms with Gasteiger partial charge in [0.05, 0.1) is 6.54 Å². The van der Waals surface area contributed by atoms with Crippen molar-refractivity contribution in [3.05, 3.63) is 35.6 Å². The zero-order valence-corrected chi connectivity index (χ0v) is 18.7. The van der Waals surface area contributed by atoms with E-state index in [-0.39, 0.29) is 41.9 Å². The summed E-state index contributed by atoms with van der Waals surface area (Å²) >= 11 is 0. The van der Waals surface area contributed by atoms with E-state index in [1.807, 2.05) is 0 Å². The van der Waals surface area contributed by atoms with Crippen molar-refractivity contribution < 1.29 is 19.1 Å². The molecule has 1 aliphatic carbocycles. The van der Waals surface area contributed by atoms with Crippen LogP contribution in [0.25, 0.3) is 0 Å². The Morgan fingerprint density at radius 3 is 2.56 bits per heavy atom. The molecule has 2 unspecified atom stereocenters. The van der Waals surface area contributed by atoms with Crippen LogP contribution in [-0.4, -0.2) is 65.2 Å². The number of carbonyl (C=O) groups excluding carboxylic acids is 2. The fourth-order valence-electron chi connectivity index (χ4n) is 5.45. The van der Waals surface area contributed by atoms with E-state index in [1.54, 1.807) is 17.1 Å². The Bertz CT molecular complexity index is 833. The molecule has 2 aliphatic heterocycles. The van der Waals surface area contributed by atoms with Gasteiger partial charge in [0.2, 0.25) is 5.91 Å². The average molecular weight is 444 g/mol. The summed E-state index contributed by atoms with van der Waals surface area (Å²) in [7, 11) is 0. The van der Waals surface area contributed by atoms with Gasteiger partial charge in [-0.05, 0) is 82.3 Å². The molecule has 4 rings (SSSR count). The normalized spacial score (nSPS) is 24.9. The van der Waals surface area contributed by atoms with Gasteiger partial charge in [-0.2, -0.15) is 5.10 Å². The Balaban J connectivity index is 1.30. The Labute approximate surface area is 189 Å². The zero-order valence-electron chi connectivity index (χ0n) is 18.7. The number of hydrogen-bond donors (Lipinski definition) is 1. The summed E-state index contributed by atoms with van der Waals surface area (Å²) in [6, 6.07) is 5.81. The van der Waals surface area contributed by atoms with E-state index in [4.69, 9.17) is 5.10 Å². The number of rotatable bonds is 8. The minimum Gasteiger partial charge on any atom is -0.396 e. The molecule has 174 valence electrons.